The number of benzene rings is 3. The SMILES string of the molecule is CC(C)(C)OC(=O)CC[C@@]1(C(=O)NCc2cccc(Cl)c2)N=C(c2ccc(OCCCO)cc2)O[C@@H]1c1ccccc1Br. The minimum absolute atomic E-state index is 0.0428. The lowest BCUT2D eigenvalue weighted by atomic mass is 9.83. The van der Waals surface area contributed by atoms with Crippen molar-refractivity contribution >= 4 is 45.3 Å². The summed E-state index contributed by atoms with van der Waals surface area (Å²) in [4.78, 5) is 32.1. The van der Waals surface area contributed by atoms with E-state index in [4.69, 9.17) is 35.9 Å². The molecule has 3 aromatic rings. The second kappa shape index (κ2) is 14.4. The Balaban J connectivity index is 1.73. The van der Waals surface area contributed by atoms with Gasteiger partial charge >= 0.3 is 5.97 Å². The van der Waals surface area contributed by atoms with Gasteiger partial charge in [-0.25, -0.2) is 4.99 Å². The number of halogens is 2. The Kier molecular flexibility index (Phi) is 10.9. The summed E-state index contributed by atoms with van der Waals surface area (Å²) >= 11 is 9.80. The number of hydrogen-bond acceptors (Lipinski definition) is 7. The summed E-state index contributed by atoms with van der Waals surface area (Å²) in [6.07, 6.45) is -0.336. The van der Waals surface area contributed by atoms with Gasteiger partial charge in [0.2, 0.25) is 5.90 Å². The predicted molar refractivity (Wildman–Crippen MR) is 169 cm³/mol. The van der Waals surface area contributed by atoms with Crippen LogP contribution in [-0.2, 0) is 25.6 Å². The van der Waals surface area contributed by atoms with Crippen LogP contribution in [0.5, 0.6) is 5.75 Å². The van der Waals surface area contributed by atoms with Crippen molar-refractivity contribution in [1.29, 1.82) is 0 Å². The number of aliphatic hydroxyl groups is 1. The molecule has 0 saturated carbocycles. The average Bonchev–Trinajstić information content (AvgIpc) is 3.35. The van der Waals surface area contributed by atoms with Crippen LogP contribution in [0.4, 0.5) is 0 Å². The summed E-state index contributed by atoms with van der Waals surface area (Å²) in [5.74, 6) is 0.0718. The minimum Gasteiger partial charge on any atom is -0.494 e. The van der Waals surface area contributed by atoms with Crippen molar-refractivity contribution in [2.75, 3.05) is 13.2 Å². The lowest BCUT2D eigenvalue weighted by molar-refractivity contribution is -0.155. The number of amides is 1. The molecule has 0 spiro atoms. The number of rotatable bonds is 12. The fourth-order valence-electron chi connectivity index (χ4n) is 4.70. The average molecular weight is 672 g/mol. The molecule has 0 aromatic heterocycles. The number of aliphatic imine (C=N–C) groups is 1. The highest BCUT2D eigenvalue weighted by Crippen LogP contribution is 2.45. The van der Waals surface area contributed by atoms with Crippen LogP contribution in [0.2, 0.25) is 5.02 Å². The third-order valence-corrected chi connectivity index (χ3v) is 7.65. The van der Waals surface area contributed by atoms with Crippen molar-refractivity contribution in [3.05, 3.63) is 99.0 Å². The van der Waals surface area contributed by atoms with Crippen LogP contribution in [0.15, 0.2) is 82.3 Å². The molecule has 43 heavy (non-hydrogen) atoms. The van der Waals surface area contributed by atoms with Gasteiger partial charge in [-0.2, -0.15) is 0 Å². The largest absolute Gasteiger partial charge is 0.494 e. The smallest absolute Gasteiger partial charge is 0.306 e. The van der Waals surface area contributed by atoms with Crippen LogP contribution in [-0.4, -0.2) is 47.2 Å². The zero-order valence-corrected chi connectivity index (χ0v) is 26.8. The molecule has 1 amide bonds. The Morgan fingerprint density at radius 3 is 2.51 bits per heavy atom. The maximum atomic E-state index is 14.3. The molecule has 228 valence electrons. The number of nitrogens with one attached hydrogen (secondary N) is 1. The van der Waals surface area contributed by atoms with Crippen LogP contribution in [0, 0.1) is 0 Å². The summed E-state index contributed by atoms with van der Waals surface area (Å²) in [7, 11) is 0. The van der Waals surface area contributed by atoms with E-state index in [1.54, 1.807) is 57.2 Å². The Morgan fingerprint density at radius 1 is 1.09 bits per heavy atom. The third-order valence-electron chi connectivity index (χ3n) is 6.69. The molecule has 0 unspecified atom stereocenters. The molecule has 4 rings (SSSR count). The van der Waals surface area contributed by atoms with Crippen molar-refractivity contribution in [3.63, 3.8) is 0 Å². The van der Waals surface area contributed by atoms with Crippen molar-refractivity contribution in [3.8, 4) is 5.75 Å². The highest BCUT2D eigenvalue weighted by molar-refractivity contribution is 9.10. The van der Waals surface area contributed by atoms with Gasteiger partial charge in [-0.05, 0) is 75.2 Å². The molecule has 1 aliphatic rings. The highest BCUT2D eigenvalue weighted by Gasteiger charge is 2.53. The molecule has 0 radical (unpaired) electrons. The zero-order valence-electron chi connectivity index (χ0n) is 24.4. The van der Waals surface area contributed by atoms with E-state index in [1.165, 1.54) is 0 Å². The molecule has 2 atom stereocenters. The molecule has 3 aromatic carbocycles. The van der Waals surface area contributed by atoms with Gasteiger partial charge in [0, 0.05) is 46.6 Å². The van der Waals surface area contributed by atoms with Crippen molar-refractivity contribution in [1.82, 2.24) is 5.32 Å². The Labute approximate surface area is 265 Å². The monoisotopic (exact) mass is 670 g/mol. The molecule has 0 fully saturated rings. The maximum absolute atomic E-state index is 14.3. The van der Waals surface area contributed by atoms with Crippen molar-refractivity contribution in [2.24, 2.45) is 4.99 Å². The summed E-state index contributed by atoms with van der Waals surface area (Å²) in [6.45, 7) is 6.04. The van der Waals surface area contributed by atoms with Crippen LogP contribution in [0.25, 0.3) is 0 Å². The number of aliphatic hydroxyl groups excluding tert-OH is 1. The maximum Gasteiger partial charge on any atom is 0.306 e. The van der Waals surface area contributed by atoms with Crippen LogP contribution < -0.4 is 10.1 Å². The zero-order chi connectivity index (χ0) is 31.0. The first-order valence-corrected chi connectivity index (χ1v) is 15.3. The number of nitrogens with zero attached hydrogens (tertiary/aromatic N) is 1. The molecule has 0 bridgehead atoms. The Bertz CT molecular complexity index is 1460. The van der Waals surface area contributed by atoms with Crippen LogP contribution in [0.3, 0.4) is 0 Å². The molecular weight excluding hydrogens is 636 g/mol. The summed E-state index contributed by atoms with van der Waals surface area (Å²) < 4.78 is 18.5. The molecule has 1 heterocycles. The first-order valence-electron chi connectivity index (χ1n) is 14.1. The normalized spacial score (nSPS) is 18.0. The van der Waals surface area contributed by atoms with Gasteiger partial charge < -0.3 is 24.6 Å². The molecule has 10 heteroatoms. The first kappa shape index (κ1) is 32.5. The first-order chi connectivity index (χ1) is 20.5. The molecule has 2 N–H and O–H groups in total. The van der Waals surface area contributed by atoms with Crippen LogP contribution >= 0.6 is 27.5 Å². The van der Waals surface area contributed by atoms with E-state index in [9.17, 15) is 9.59 Å². The summed E-state index contributed by atoms with van der Waals surface area (Å²) in [6, 6.07) is 21.9. The van der Waals surface area contributed by atoms with E-state index < -0.39 is 29.1 Å². The molecule has 0 saturated heterocycles. The standard InChI is InChI=1S/C33H36BrClN2O6/c1-32(2,3)43-28(39)16-17-33(31(40)36-21-22-8-6-9-24(35)20-22)29(26-10-4-5-11-27(26)34)42-30(37-33)23-12-14-25(15-13-23)41-19-7-18-38/h4-6,8-15,20,29,38H,7,16-19,21H2,1-3H3,(H,36,40)/t29-,33-/m1/s1. The third kappa shape index (κ3) is 8.59. The van der Waals surface area contributed by atoms with Gasteiger partial charge in [0.05, 0.1) is 6.61 Å². The number of esters is 1. The second-order valence-corrected chi connectivity index (χ2v) is 12.5. The number of carbonyl (C=O) groups excluding carboxylic acids is 2. The summed E-state index contributed by atoms with van der Waals surface area (Å²) in [5.41, 5.74) is 0.00852. The molecular formula is C33H36BrClN2O6. The topological polar surface area (TPSA) is 106 Å². The summed E-state index contributed by atoms with van der Waals surface area (Å²) in [5, 5.41) is 12.6. The van der Waals surface area contributed by atoms with E-state index in [0.29, 0.717) is 34.9 Å². The highest BCUT2D eigenvalue weighted by atomic mass is 79.9. The van der Waals surface area contributed by atoms with E-state index in [2.05, 4.69) is 21.2 Å². The molecule has 0 aliphatic carbocycles. The molecule has 8 nitrogen and oxygen atoms in total. The van der Waals surface area contributed by atoms with Gasteiger partial charge in [0.1, 0.15) is 11.4 Å². The van der Waals surface area contributed by atoms with Crippen LogP contribution in [0.1, 0.15) is 62.8 Å². The lowest BCUT2D eigenvalue weighted by Crippen LogP contribution is -2.48. The van der Waals surface area contributed by atoms with Gasteiger partial charge in [0.25, 0.3) is 5.91 Å². The lowest BCUT2D eigenvalue weighted by Gasteiger charge is -2.31. The van der Waals surface area contributed by atoms with Crippen molar-refractivity contribution < 1.29 is 28.9 Å². The minimum atomic E-state index is -1.50. The van der Waals surface area contributed by atoms with Gasteiger partial charge in [-0.15, -0.1) is 0 Å². The Hall–Kier alpha value is -3.40. The van der Waals surface area contributed by atoms with Gasteiger partial charge in [-0.3, -0.25) is 9.59 Å². The second-order valence-electron chi connectivity index (χ2n) is 11.2. The molecule has 1 aliphatic heterocycles. The number of carbonyl (C=O) groups is 2. The van der Waals surface area contributed by atoms with E-state index in [-0.39, 0.29) is 31.9 Å². The number of ether oxygens (including phenoxy) is 3. The van der Waals surface area contributed by atoms with Crippen molar-refractivity contribution in [2.45, 2.75) is 63.8 Å². The quantitative estimate of drug-likeness (QED) is 0.167. The van der Waals surface area contributed by atoms with Gasteiger partial charge in [-0.1, -0.05) is 57.9 Å². The van der Waals surface area contributed by atoms with Gasteiger partial charge in [0.15, 0.2) is 11.6 Å². The number of hydrogen-bond donors (Lipinski definition) is 2. The predicted octanol–water partition coefficient (Wildman–Crippen LogP) is 6.56. The van der Waals surface area contributed by atoms with E-state index >= 15 is 0 Å². The Morgan fingerprint density at radius 2 is 1.84 bits per heavy atom. The van der Waals surface area contributed by atoms with E-state index in [0.717, 1.165) is 10.0 Å². The fraction of sp³-hybridized carbons (Fsp3) is 0.364. The fourth-order valence-corrected chi connectivity index (χ4v) is 5.41. The van der Waals surface area contributed by atoms with E-state index in [1.807, 2.05) is 36.4 Å².